The lowest BCUT2D eigenvalue weighted by molar-refractivity contribution is -0.141. The Bertz CT molecular complexity index is 555. The molecule has 2 rings (SSSR count). The number of amides is 5. The van der Waals surface area contributed by atoms with Gasteiger partial charge in [-0.05, 0) is 45.4 Å². The molecule has 1 saturated heterocycles. The zero-order valence-corrected chi connectivity index (χ0v) is 15.3. The number of likely N-dealkylation sites (N-methyl/N-ethyl adjacent to an activating group) is 2. The summed E-state index contributed by atoms with van der Waals surface area (Å²) in [6.07, 6.45) is 2.98. The molecule has 1 spiro atoms. The zero-order valence-electron chi connectivity index (χ0n) is 15.3. The minimum atomic E-state index is -0.847. The fraction of sp³-hybridized carbons (Fsp3) is 0.765. The summed E-state index contributed by atoms with van der Waals surface area (Å²) in [6, 6.07) is -0.512. The van der Waals surface area contributed by atoms with Gasteiger partial charge in [-0.25, -0.2) is 4.79 Å². The molecule has 0 aromatic rings. The highest BCUT2D eigenvalue weighted by molar-refractivity contribution is 6.09. The van der Waals surface area contributed by atoms with Gasteiger partial charge in [0.25, 0.3) is 5.91 Å². The van der Waals surface area contributed by atoms with Crippen LogP contribution < -0.4 is 10.6 Å². The molecular formula is C17H28N4O4. The number of hydrogen-bond acceptors (Lipinski definition) is 4. The smallest absolute Gasteiger partial charge is 0.325 e. The molecule has 8 nitrogen and oxygen atoms in total. The molecule has 2 fully saturated rings. The molecule has 1 aliphatic heterocycles. The summed E-state index contributed by atoms with van der Waals surface area (Å²) in [5.74, 6) is -0.434. The number of rotatable bonds is 6. The predicted octanol–water partition coefficient (Wildman–Crippen LogP) is 0.472. The summed E-state index contributed by atoms with van der Waals surface area (Å²) in [7, 11) is 0. The number of carbonyl (C=O) groups excluding carboxylic acids is 4. The molecule has 0 aromatic heterocycles. The van der Waals surface area contributed by atoms with Crippen LogP contribution >= 0.6 is 0 Å². The third kappa shape index (κ3) is 4.11. The van der Waals surface area contributed by atoms with Crippen molar-refractivity contribution in [2.75, 3.05) is 26.2 Å². The lowest BCUT2D eigenvalue weighted by Crippen LogP contribution is -2.50. The average molecular weight is 352 g/mol. The minimum absolute atomic E-state index is 0.0739. The molecule has 0 aromatic carbocycles. The molecule has 5 amide bonds. The van der Waals surface area contributed by atoms with Crippen LogP contribution in [0.2, 0.25) is 0 Å². The maximum Gasteiger partial charge on any atom is 0.325 e. The van der Waals surface area contributed by atoms with Crippen LogP contribution in [0.15, 0.2) is 0 Å². The Morgan fingerprint density at radius 3 is 2.48 bits per heavy atom. The number of nitrogens with zero attached hydrogens (tertiary/aromatic N) is 2. The summed E-state index contributed by atoms with van der Waals surface area (Å²) in [5.41, 5.74) is -0.847. The molecule has 0 bridgehead atoms. The summed E-state index contributed by atoms with van der Waals surface area (Å²) in [6.45, 7) is 6.11. The summed E-state index contributed by atoms with van der Waals surface area (Å²) in [4.78, 5) is 51.5. The van der Waals surface area contributed by atoms with Gasteiger partial charge < -0.3 is 15.5 Å². The van der Waals surface area contributed by atoms with Crippen molar-refractivity contribution < 1.29 is 19.2 Å². The Morgan fingerprint density at radius 2 is 1.92 bits per heavy atom. The van der Waals surface area contributed by atoms with Crippen molar-refractivity contribution in [2.24, 2.45) is 5.92 Å². The lowest BCUT2D eigenvalue weighted by Gasteiger charge is -2.33. The van der Waals surface area contributed by atoms with Crippen molar-refractivity contribution in [3.8, 4) is 0 Å². The van der Waals surface area contributed by atoms with Gasteiger partial charge in [-0.1, -0.05) is 6.92 Å². The molecule has 8 heteroatoms. The maximum absolute atomic E-state index is 12.8. The van der Waals surface area contributed by atoms with Gasteiger partial charge in [0, 0.05) is 13.1 Å². The second kappa shape index (κ2) is 7.84. The molecule has 0 radical (unpaired) electrons. The zero-order chi connectivity index (χ0) is 18.6. The van der Waals surface area contributed by atoms with Crippen LogP contribution in [0.1, 0.15) is 46.5 Å². The van der Waals surface area contributed by atoms with Crippen molar-refractivity contribution in [3.63, 3.8) is 0 Å². The van der Waals surface area contributed by atoms with E-state index in [1.807, 2.05) is 0 Å². The highest BCUT2D eigenvalue weighted by Gasteiger charge is 2.52. The minimum Gasteiger partial charge on any atom is -0.355 e. The molecule has 140 valence electrons. The van der Waals surface area contributed by atoms with E-state index < -0.39 is 17.5 Å². The van der Waals surface area contributed by atoms with Gasteiger partial charge in [-0.2, -0.15) is 0 Å². The van der Waals surface area contributed by atoms with E-state index in [9.17, 15) is 19.2 Å². The predicted molar refractivity (Wildman–Crippen MR) is 91.5 cm³/mol. The van der Waals surface area contributed by atoms with Gasteiger partial charge in [0.2, 0.25) is 11.8 Å². The molecule has 0 unspecified atom stereocenters. The molecule has 1 saturated carbocycles. The first-order chi connectivity index (χ1) is 11.8. The van der Waals surface area contributed by atoms with E-state index in [-0.39, 0.29) is 24.9 Å². The van der Waals surface area contributed by atoms with E-state index >= 15 is 0 Å². The van der Waals surface area contributed by atoms with Crippen LogP contribution in [-0.2, 0) is 14.4 Å². The maximum atomic E-state index is 12.8. The standard InChI is InChI=1S/C17H28N4O4/c1-4-18-13(22)10-20(5-2)14(23)11-21-15(24)17(19-16(21)25)8-6-12(3)7-9-17/h12H,4-11H2,1-3H3,(H,18,22)(H,19,25). The van der Waals surface area contributed by atoms with E-state index in [1.165, 1.54) is 4.90 Å². The van der Waals surface area contributed by atoms with Crippen LogP contribution in [0.25, 0.3) is 0 Å². The van der Waals surface area contributed by atoms with E-state index in [0.29, 0.717) is 31.8 Å². The third-order valence-corrected chi connectivity index (χ3v) is 5.11. The van der Waals surface area contributed by atoms with Gasteiger partial charge >= 0.3 is 6.03 Å². The van der Waals surface area contributed by atoms with Crippen LogP contribution in [0.3, 0.4) is 0 Å². The fourth-order valence-electron chi connectivity index (χ4n) is 3.45. The van der Waals surface area contributed by atoms with Gasteiger partial charge in [-0.3, -0.25) is 19.3 Å². The number of carbonyl (C=O) groups is 4. The largest absolute Gasteiger partial charge is 0.355 e. The Hall–Kier alpha value is -2.12. The van der Waals surface area contributed by atoms with Crippen molar-refractivity contribution in [2.45, 2.75) is 52.0 Å². The Balaban J connectivity index is 2.01. The monoisotopic (exact) mass is 352 g/mol. The Labute approximate surface area is 148 Å². The SMILES string of the molecule is CCNC(=O)CN(CC)C(=O)CN1C(=O)NC2(CCC(C)CC2)C1=O. The fourth-order valence-corrected chi connectivity index (χ4v) is 3.45. The third-order valence-electron chi connectivity index (χ3n) is 5.11. The van der Waals surface area contributed by atoms with Gasteiger partial charge in [0.05, 0.1) is 6.54 Å². The molecule has 1 aliphatic carbocycles. The quantitative estimate of drug-likeness (QED) is 0.679. The Morgan fingerprint density at radius 1 is 1.28 bits per heavy atom. The highest BCUT2D eigenvalue weighted by atomic mass is 16.2. The van der Waals surface area contributed by atoms with Crippen molar-refractivity contribution in [3.05, 3.63) is 0 Å². The second-order valence-electron chi connectivity index (χ2n) is 6.95. The number of hydrogen-bond donors (Lipinski definition) is 2. The van der Waals surface area contributed by atoms with Crippen molar-refractivity contribution in [1.82, 2.24) is 20.4 Å². The van der Waals surface area contributed by atoms with Crippen molar-refractivity contribution >= 4 is 23.8 Å². The van der Waals surface area contributed by atoms with Gasteiger partial charge in [0.15, 0.2) is 0 Å². The molecule has 25 heavy (non-hydrogen) atoms. The van der Waals surface area contributed by atoms with Crippen LogP contribution in [0.4, 0.5) is 4.79 Å². The second-order valence-corrected chi connectivity index (χ2v) is 6.95. The van der Waals surface area contributed by atoms with E-state index in [1.54, 1.807) is 13.8 Å². The Kier molecular flexibility index (Phi) is 6.02. The number of urea groups is 1. The van der Waals surface area contributed by atoms with Crippen LogP contribution in [-0.4, -0.2) is 65.3 Å². The van der Waals surface area contributed by atoms with Crippen LogP contribution in [0.5, 0.6) is 0 Å². The first kappa shape index (κ1) is 19.2. The molecule has 1 heterocycles. The first-order valence-electron chi connectivity index (χ1n) is 9.01. The van der Waals surface area contributed by atoms with Gasteiger partial charge in [0.1, 0.15) is 12.1 Å². The molecular weight excluding hydrogens is 324 g/mol. The summed E-state index contributed by atoms with van der Waals surface area (Å²) >= 11 is 0. The van der Waals surface area contributed by atoms with E-state index in [2.05, 4.69) is 17.6 Å². The lowest BCUT2D eigenvalue weighted by atomic mass is 9.77. The van der Waals surface area contributed by atoms with E-state index in [4.69, 9.17) is 0 Å². The van der Waals surface area contributed by atoms with Gasteiger partial charge in [-0.15, -0.1) is 0 Å². The normalized spacial score (nSPS) is 25.9. The summed E-state index contributed by atoms with van der Waals surface area (Å²) < 4.78 is 0. The molecule has 2 N–H and O–H groups in total. The van der Waals surface area contributed by atoms with E-state index in [0.717, 1.165) is 17.7 Å². The molecule has 0 atom stereocenters. The highest BCUT2D eigenvalue weighted by Crippen LogP contribution is 2.36. The van der Waals surface area contributed by atoms with Crippen molar-refractivity contribution in [1.29, 1.82) is 0 Å². The summed E-state index contributed by atoms with van der Waals surface area (Å²) in [5, 5.41) is 5.43. The average Bonchev–Trinajstić information content (AvgIpc) is 2.80. The topological polar surface area (TPSA) is 98.8 Å². The first-order valence-corrected chi connectivity index (χ1v) is 9.01. The number of imide groups is 1. The number of nitrogens with one attached hydrogen (secondary N) is 2. The van der Waals surface area contributed by atoms with Crippen LogP contribution in [0, 0.1) is 5.92 Å². The molecule has 2 aliphatic rings.